The van der Waals surface area contributed by atoms with Gasteiger partial charge in [-0.2, -0.15) is 0 Å². The predicted molar refractivity (Wildman–Crippen MR) is 87.0 cm³/mol. The molecular formula is C18H30N2. The summed E-state index contributed by atoms with van der Waals surface area (Å²) in [6.07, 6.45) is 2.86. The van der Waals surface area contributed by atoms with E-state index in [1.165, 1.54) is 30.5 Å². The van der Waals surface area contributed by atoms with Gasteiger partial charge in [0.1, 0.15) is 0 Å². The van der Waals surface area contributed by atoms with Gasteiger partial charge >= 0.3 is 0 Å². The van der Waals surface area contributed by atoms with Gasteiger partial charge in [0.05, 0.1) is 0 Å². The third-order valence-electron chi connectivity index (χ3n) is 4.35. The Balaban J connectivity index is 2.08. The minimum absolute atomic E-state index is 0.447. The smallest absolute Gasteiger partial charge is 0.0451 e. The Morgan fingerprint density at radius 2 is 1.95 bits per heavy atom. The van der Waals surface area contributed by atoms with Crippen molar-refractivity contribution < 1.29 is 0 Å². The Kier molecular flexibility index (Phi) is 5.62. The van der Waals surface area contributed by atoms with Crippen molar-refractivity contribution in [2.45, 2.75) is 52.6 Å². The molecule has 2 heteroatoms. The molecule has 1 aromatic rings. The molecule has 0 aromatic heterocycles. The second-order valence-corrected chi connectivity index (χ2v) is 6.46. The van der Waals surface area contributed by atoms with Crippen molar-refractivity contribution in [2.75, 3.05) is 19.6 Å². The topological polar surface area (TPSA) is 15.3 Å². The Labute approximate surface area is 124 Å². The largest absolute Gasteiger partial charge is 0.309 e. The van der Waals surface area contributed by atoms with E-state index in [0.29, 0.717) is 12.1 Å². The summed E-state index contributed by atoms with van der Waals surface area (Å²) in [5, 5.41) is 3.68. The van der Waals surface area contributed by atoms with E-state index in [4.69, 9.17) is 0 Å². The van der Waals surface area contributed by atoms with Gasteiger partial charge < -0.3 is 5.32 Å². The molecule has 1 aromatic carbocycles. The molecule has 0 aliphatic heterocycles. The zero-order chi connectivity index (χ0) is 14.5. The Hall–Kier alpha value is -0.860. The molecule has 1 aliphatic rings. The first-order valence-electron chi connectivity index (χ1n) is 8.14. The summed E-state index contributed by atoms with van der Waals surface area (Å²) in [5.74, 6) is 0.955. The van der Waals surface area contributed by atoms with Crippen LogP contribution in [-0.2, 0) is 0 Å². The normalized spacial score (nSPS) is 16.9. The molecule has 1 N–H and O–H groups in total. The van der Waals surface area contributed by atoms with Gasteiger partial charge in [0.15, 0.2) is 0 Å². The van der Waals surface area contributed by atoms with Crippen molar-refractivity contribution in [3.05, 3.63) is 35.4 Å². The summed E-state index contributed by atoms with van der Waals surface area (Å²) in [6, 6.07) is 9.86. The lowest BCUT2D eigenvalue weighted by molar-refractivity contribution is 0.190. The minimum atomic E-state index is 0.447. The number of rotatable bonds is 8. The maximum absolute atomic E-state index is 3.68. The monoisotopic (exact) mass is 274 g/mol. The zero-order valence-corrected chi connectivity index (χ0v) is 13.5. The molecule has 0 amide bonds. The molecule has 112 valence electrons. The standard InChI is InChI=1S/C18H30N2/c1-5-19-18(17-9-7-6-8-15(17)4)13-20(14(2)3)12-16-10-11-16/h6-9,14,16,18-19H,5,10-13H2,1-4H3. The summed E-state index contributed by atoms with van der Waals surface area (Å²) in [4.78, 5) is 2.65. The number of likely N-dealkylation sites (N-methyl/N-ethyl adjacent to an activating group) is 1. The average Bonchev–Trinajstić information content (AvgIpc) is 3.22. The lowest BCUT2D eigenvalue weighted by Gasteiger charge is -2.32. The Morgan fingerprint density at radius 1 is 1.25 bits per heavy atom. The van der Waals surface area contributed by atoms with Gasteiger partial charge in [-0.15, -0.1) is 0 Å². The van der Waals surface area contributed by atoms with E-state index in [1.54, 1.807) is 0 Å². The van der Waals surface area contributed by atoms with E-state index >= 15 is 0 Å². The molecule has 2 nitrogen and oxygen atoms in total. The summed E-state index contributed by atoms with van der Waals surface area (Å²) >= 11 is 0. The first-order valence-corrected chi connectivity index (χ1v) is 8.14. The van der Waals surface area contributed by atoms with E-state index in [9.17, 15) is 0 Å². The van der Waals surface area contributed by atoms with Gasteiger partial charge in [-0.3, -0.25) is 4.90 Å². The van der Waals surface area contributed by atoms with E-state index < -0.39 is 0 Å². The van der Waals surface area contributed by atoms with Crippen LogP contribution < -0.4 is 5.32 Å². The second-order valence-electron chi connectivity index (χ2n) is 6.46. The van der Waals surface area contributed by atoms with E-state index in [-0.39, 0.29) is 0 Å². The predicted octanol–water partition coefficient (Wildman–Crippen LogP) is 3.77. The molecule has 0 spiro atoms. The van der Waals surface area contributed by atoms with Crippen LogP contribution in [0.3, 0.4) is 0 Å². The third-order valence-corrected chi connectivity index (χ3v) is 4.35. The first kappa shape index (κ1) is 15.5. The number of hydrogen-bond acceptors (Lipinski definition) is 2. The third kappa shape index (κ3) is 4.32. The van der Waals surface area contributed by atoms with Crippen molar-refractivity contribution in [3.8, 4) is 0 Å². The number of nitrogens with zero attached hydrogens (tertiary/aromatic N) is 1. The molecule has 1 unspecified atom stereocenters. The van der Waals surface area contributed by atoms with Crippen molar-refractivity contribution >= 4 is 0 Å². The Bertz CT molecular complexity index is 410. The first-order chi connectivity index (χ1) is 9.61. The molecular weight excluding hydrogens is 244 g/mol. The maximum atomic E-state index is 3.68. The minimum Gasteiger partial charge on any atom is -0.309 e. The lowest BCUT2D eigenvalue weighted by atomic mass is 10.00. The van der Waals surface area contributed by atoms with Crippen LogP contribution >= 0.6 is 0 Å². The average molecular weight is 274 g/mol. The van der Waals surface area contributed by atoms with Gasteiger partial charge in [0.25, 0.3) is 0 Å². The fourth-order valence-corrected chi connectivity index (χ4v) is 2.86. The summed E-state index contributed by atoms with van der Waals surface area (Å²) in [5.41, 5.74) is 2.85. The fourth-order valence-electron chi connectivity index (χ4n) is 2.86. The van der Waals surface area contributed by atoms with Crippen LogP contribution in [-0.4, -0.2) is 30.6 Å². The summed E-state index contributed by atoms with van der Waals surface area (Å²) in [7, 11) is 0. The lowest BCUT2D eigenvalue weighted by Crippen LogP contribution is -2.40. The molecule has 0 heterocycles. The number of aryl methyl sites for hydroxylation is 1. The highest BCUT2D eigenvalue weighted by atomic mass is 15.2. The van der Waals surface area contributed by atoms with Crippen LogP contribution in [0, 0.1) is 12.8 Å². The molecule has 20 heavy (non-hydrogen) atoms. The Morgan fingerprint density at radius 3 is 2.50 bits per heavy atom. The molecule has 2 rings (SSSR count). The highest BCUT2D eigenvalue weighted by Crippen LogP contribution is 2.31. The molecule has 0 bridgehead atoms. The fraction of sp³-hybridized carbons (Fsp3) is 0.667. The maximum Gasteiger partial charge on any atom is 0.0451 e. The number of nitrogens with one attached hydrogen (secondary N) is 1. The molecule has 1 atom stereocenters. The van der Waals surface area contributed by atoms with Crippen LogP contribution in [0.25, 0.3) is 0 Å². The SMILES string of the molecule is CCNC(CN(CC1CC1)C(C)C)c1ccccc1C. The summed E-state index contributed by atoms with van der Waals surface area (Å²) < 4.78 is 0. The second kappa shape index (κ2) is 7.24. The number of benzene rings is 1. The summed E-state index contributed by atoms with van der Waals surface area (Å²) in [6.45, 7) is 12.5. The van der Waals surface area contributed by atoms with Crippen molar-refractivity contribution in [3.63, 3.8) is 0 Å². The quantitative estimate of drug-likeness (QED) is 0.776. The van der Waals surface area contributed by atoms with Crippen LogP contribution in [0.5, 0.6) is 0 Å². The van der Waals surface area contributed by atoms with E-state index in [1.807, 2.05) is 0 Å². The molecule has 0 saturated heterocycles. The molecule has 0 radical (unpaired) electrons. The van der Waals surface area contributed by atoms with Crippen LogP contribution in [0.1, 0.15) is 50.8 Å². The molecule has 1 saturated carbocycles. The zero-order valence-electron chi connectivity index (χ0n) is 13.5. The van der Waals surface area contributed by atoms with E-state index in [2.05, 4.69) is 62.2 Å². The highest BCUT2D eigenvalue weighted by Gasteiger charge is 2.27. The van der Waals surface area contributed by atoms with Crippen LogP contribution in [0.4, 0.5) is 0 Å². The van der Waals surface area contributed by atoms with Crippen LogP contribution in [0.15, 0.2) is 24.3 Å². The van der Waals surface area contributed by atoms with Crippen molar-refractivity contribution in [2.24, 2.45) is 5.92 Å². The van der Waals surface area contributed by atoms with Gasteiger partial charge in [-0.05, 0) is 57.2 Å². The van der Waals surface area contributed by atoms with Gasteiger partial charge in [0.2, 0.25) is 0 Å². The van der Waals surface area contributed by atoms with Gasteiger partial charge in [0, 0.05) is 25.2 Å². The van der Waals surface area contributed by atoms with Gasteiger partial charge in [-0.25, -0.2) is 0 Å². The van der Waals surface area contributed by atoms with Crippen molar-refractivity contribution in [1.82, 2.24) is 10.2 Å². The number of hydrogen-bond donors (Lipinski definition) is 1. The van der Waals surface area contributed by atoms with E-state index in [0.717, 1.165) is 19.0 Å². The van der Waals surface area contributed by atoms with Crippen LogP contribution in [0.2, 0.25) is 0 Å². The molecule has 1 aliphatic carbocycles. The molecule has 1 fully saturated rings. The van der Waals surface area contributed by atoms with Crippen molar-refractivity contribution in [1.29, 1.82) is 0 Å². The highest BCUT2D eigenvalue weighted by molar-refractivity contribution is 5.29. The van der Waals surface area contributed by atoms with Gasteiger partial charge in [-0.1, -0.05) is 31.2 Å².